The fourth-order valence-corrected chi connectivity index (χ4v) is 2.65. The summed E-state index contributed by atoms with van der Waals surface area (Å²) in [5, 5.41) is 15.2. The summed E-state index contributed by atoms with van der Waals surface area (Å²) in [7, 11) is 1.00. The molecule has 1 rings (SSSR count). The van der Waals surface area contributed by atoms with Crippen molar-refractivity contribution >= 4 is 11.8 Å². The SMILES string of the molecule is CCCCCCC(=O)O.CCCCCCC=C=CC1CCC(=O)C1.CO. The van der Waals surface area contributed by atoms with Gasteiger partial charge in [-0.2, -0.15) is 0 Å². The number of allylic oxidation sites excluding steroid dienone is 1. The van der Waals surface area contributed by atoms with Gasteiger partial charge in [-0.3, -0.25) is 9.59 Å². The third-order valence-electron chi connectivity index (χ3n) is 4.18. The van der Waals surface area contributed by atoms with E-state index < -0.39 is 5.97 Å². The molecule has 0 radical (unpaired) electrons. The number of hydrogen-bond acceptors (Lipinski definition) is 3. The van der Waals surface area contributed by atoms with E-state index in [1.807, 2.05) is 0 Å². The lowest BCUT2D eigenvalue weighted by Crippen LogP contribution is -1.92. The van der Waals surface area contributed by atoms with Gasteiger partial charge in [0.1, 0.15) is 5.78 Å². The molecular weight excluding hydrogens is 328 g/mol. The van der Waals surface area contributed by atoms with Crippen LogP contribution in [0.3, 0.4) is 0 Å². The fraction of sp³-hybridized carbons (Fsp3) is 0.773. The Balaban J connectivity index is 0. The smallest absolute Gasteiger partial charge is 0.303 e. The van der Waals surface area contributed by atoms with Gasteiger partial charge in [0.2, 0.25) is 0 Å². The maximum Gasteiger partial charge on any atom is 0.303 e. The Morgan fingerprint density at radius 1 is 1.08 bits per heavy atom. The van der Waals surface area contributed by atoms with E-state index in [0.29, 0.717) is 18.1 Å². The van der Waals surface area contributed by atoms with Crippen molar-refractivity contribution in [1.82, 2.24) is 0 Å². The van der Waals surface area contributed by atoms with Gasteiger partial charge in [0, 0.05) is 26.4 Å². The van der Waals surface area contributed by atoms with Crippen LogP contribution >= 0.6 is 0 Å². The molecule has 1 aliphatic carbocycles. The second kappa shape index (κ2) is 21.7. The summed E-state index contributed by atoms with van der Waals surface area (Å²) in [6.45, 7) is 4.34. The maximum atomic E-state index is 11.0. The van der Waals surface area contributed by atoms with E-state index in [9.17, 15) is 9.59 Å². The van der Waals surface area contributed by atoms with Gasteiger partial charge >= 0.3 is 5.97 Å². The monoisotopic (exact) mass is 368 g/mol. The van der Waals surface area contributed by atoms with Crippen LogP contribution in [0.15, 0.2) is 17.9 Å². The molecule has 4 heteroatoms. The van der Waals surface area contributed by atoms with E-state index in [1.54, 1.807) is 0 Å². The zero-order valence-electron chi connectivity index (χ0n) is 17.1. The Labute approximate surface area is 160 Å². The lowest BCUT2D eigenvalue weighted by Gasteiger charge is -1.95. The van der Waals surface area contributed by atoms with E-state index in [2.05, 4.69) is 31.7 Å². The number of hydrogen-bond donors (Lipinski definition) is 2. The average Bonchev–Trinajstić information content (AvgIpc) is 3.05. The molecular formula is C22H40O4. The summed E-state index contributed by atoms with van der Waals surface area (Å²) in [6, 6.07) is 0. The topological polar surface area (TPSA) is 74.6 Å². The van der Waals surface area contributed by atoms with Crippen LogP contribution in [0.4, 0.5) is 0 Å². The summed E-state index contributed by atoms with van der Waals surface area (Å²) >= 11 is 0. The van der Waals surface area contributed by atoms with Gasteiger partial charge < -0.3 is 10.2 Å². The van der Waals surface area contributed by atoms with E-state index in [-0.39, 0.29) is 0 Å². The molecule has 26 heavy (non-hydrogen) atoms. The molecule has 0 aromatic carbocycles. The highest BCUT2D eigenvalue weighted by Gasteiger charge is 2.18. The fourth-order valence-electron chi connectivity index (χ4n) is 2.65. The van der Waals surface area contributed by atoms with Crippen molar-refractivity contribution in [2.45, 2.75) is 97.3 Å². The van der Waals surface area contributed by atoms with Gasteiger partial charge in [-0.15, -0.1) is 5.73 Å². The Morgan fingerprint density at radius 2 is 1.69 bits per heavy atom. The Morgan fingerprint density at radius 3 is 2.19 bits per heavy atom. The van der Waals surface area contributed by atoms with Crippen molar-refractivity contribution < 1.29 is 19.8 Å². The minimum absolute atomic E-state index is 0.333. The summed E-state index contributed by atoms with van der Waals surface area (Å²) in [5.41, 5.74) is 3.22. The van der Waals surface area contributed by atoms with Crippen molar-refractivity contribution in [3.05, 3.63) is 17.9 Å². The zero-order valence-corrected chi connectivity index (χ0v) is 17.1. The molecule has 1 fully saturated rings. The molecule has 0 aliphatic heterocycles. The predicted molar refractivity (Wildman–Crippen MR) is 108 cm³/mol. The largest absolute Gasteiger partial charge is 0.481 e. The number of aliphatic carboxylic acids is 1. The first-order chi connectivity index (χ1) is 12.6. The molecule has 0 bridgehead atoms. The molecule has 4 nitrogen and oxygen atoms in total. The molecule has 2 N–H and O–H groups in total. The van der Waals surface area contributed by atoms with Crippen LogP contribution in [0.1, 0.15) is 97.3 Å². The third kappa shape index (κ3) is 20.7. The zero-order chi connectivity index (χ0) is 20.0. The predicted octanol–water partition coefficient (Wildman–Crippen LogP) is 5.69. The number of carboxylic acids is 1. The second-order valence-corrected chi connectivity index (χ2v) is 6.63. The molecule has 0 amide bonds. The first-order valence-electron chi connectivity index (χ1n) is 10.2. The summed E-state index contributed by atoms with van der Waals surface area (Å²) in [5.74, 6) is 0.219. The quantitative estimate of drug-likeness (QED) is 0.363. The highest BCUT2D eigenvalue weighted by atomic mass is 16.4. The Kier molecular flexibility index (Phi) is 22.4. The molecule has 1 atom stereocenters. The molecule has 0 heterocycles. The van der Waals surface area contributed by atoms with Crippen molar-refractivity contribution in [2.24, 2.45) is 5.92 Å². The van der Waals surface area contributed by atoms with Gasteiger partial charge in [-0.05, 0) is 43.8 Å². The van der Waals surface area contributed by atoms with Crippen LogP contribution in [-0.4, -0.2) is 29.1 Å². The van der Waals surface area contributed by atoms with Crippen LogP contribution < -0.4 is 0 Å². The van der Waals surface area contributed by atoms with Gasteiger partial charge in [0.05, 0.1) is 0 Å². The second-order valence-electron chi connectivity index (χ2n) is 6.63. The number of unbranched alkanes of at least 4 members (excludes halogenated alkanes) is 7. The van der Waals surface area contributed by atoms with Crippen LogP contribution in [0.25, 0.3) is 0 Å². The first-order valence-corrected chi connectivity index (χ1v) is 10.2. The van der Waals surface area contributed by atoms with Crippen LogP contribution in [0, 0.1) is 5.92 Å². The van der Waals surface area contributed by atoms with Crippen molar-refractivity contribution in [3.63, 3.8) is 0 Å². The number of rotatable bonds is 11. The van der Waals surface area contributed by atoms with Gasteiger partial charge in [-0.25, -0.2) is 0 Å². The number of ketones is 1. The molecule has 0 aromatic heterocycles. The number of carbonyl (C=O) groups is 2. The molecule has 0 aromatic rings. The van der Waals surface area contributed by atoms with Crippen molar-refractivity contribution in [2.75, 3.05) is 7.11 Å². The summed E-state index contributed by atoms with van der Waals surface area (Å²) < 4.78 is 0. The molecule has 1 aliphatic rings. The van der Waals surface area contributed by atoms with Crippen LogP contribution in [-0.2, 0) is 9.59 Å². The number of Topliss-reactive ketones (excluding diaryl/α,β-unsaturated/α-hetero) is 1. The van der Waals surface area contributed by atoms with E-state index in [0.717, 1.165) is 52.1 Å². The van der Waals surface area contributed by atoms with Crippen molar-refractivity contribution in [1.29, 1.82) is 0 Å². The minimum Gasteiger partial charge on any atom is -0.481 e. The summed E-state index contributed by atoms with van der Waals surface area (Å²) in [6.07, 6.45) is 17.7. The Hall–Kier alpha value is -1.38. The molecule has 1 unspecified atom stereocenters. The van der Waals surface area contributed by atoms with E-state index in [4.69, 9.17) is 10.2 Å². The van der Waals surface area contributed by atoms with Gasteiger partial charge in [0.25, 0.3) is 0 Å². The van der Waals surface area contributed by atoms with Crippen molar-refractivity contribution in [3.8, 4) is 0 Å². The lowest BCUT2D eigenvalue weighted by molar-refractivity contribution is -0.137. The molecule has 152 valence electrons. The summed E-state index contributed by atoms with van der Waals surface area (Å²) in [4.78, 5) is 21.0. The number of carboxylic acid groups (broad SMARTS) is 1. The highest BCUT2D eigenvalue weighted by Crippen LogP contribution is 2.22. The highest BCUT2D eigenvalue weighted by molar-refractivity contribution is 5.80. The molecule has 0 spiro atoms. The maximum absolute atomic E-state index is 11.0. The lowest BCUT2D eigenvalue weighted by atomic mass is 10.1. The standard InChI is InChI=1S/C14H22O.C7H14O2.CH4O/c1-2-3-4-5-6-7-8-9-13-10-11-14(15)12-13;1-2-3-4-5-6-7(8)9;1-2/h7,9,13H,2-6,10-12H2,1H3;2-6H2,1H3,(H,8,9);2H,1H3. The number of aliphatic hydroxyl groups is 1. The van der Waals surface area contributed by atoms with Crippen LogP contribution in [0.2, 0.25) is 0 Å². The first kappa shape index (κ1) is 26.8. The third-order valence-corrected chi connectivity index (χ3v) is 4.18. The van der Waals surface area contributed by atoms with Crippen LogP contribution in [0.5, 0.6) is 0 Å². The molecule has 1 saturated carbocycles. The molecule has 0 saturated heterocycles. The van der Waals surface area contributed by atoms with E-state index in [1.165, 1.54) is 32.1 Å². The Bertz CT molecular complexity index is 395. The van der Waals surface area contributed by atoms with Gasteiger partial charge in [-0.1, -0.05) is 52.4 Å². The minimum atomic E-state index is -0.675. The number of aliphatic hydroxyl groups excluding tert-OH is 1. The number of carbonyl (C=O) groups excluding carboxylic acids is 1. The van der Waals surface area contributed by atoms with Gasteiger partial charge in [0.15, 0.2) is 0 Å². The van der Waals surface area contributed by atoms with E-state index >= 15 is 0 Å². The average molecular weight is 369 g/mol. The normalized spacial score (nSPS) is 15.1.